The first-order valence-corrected chi connectivity index (χ1v) is 11.9. The lowest BCUT2D eigenvalue weighted by Gasteiger charge is -2.12. The van der Waals surface area contributed by atoms with E-state index in [4.69, 9.17) is 16.6 Å². The van der Waals surface area contributed by atoms with Crippen LogP contribution in [0.4, 0.5) is 11.5 Å². The van der Waals surface area contributed by atoms with E-state index < -0.39 is 0 Å². The lowest BCUT2D eigenvalue weighted by atomic mass is 10.1. The standard InChI is InChI=1S/C26H21ClN4O2.C2H6/c27-21-11-6-19(7-12-21)16-25(32)30-26-23(15-8-18-4-2-1-3-5-18)29-24(17-28-26)20-9-13-22(31-33)14-10-20;1-2/h1-7,9-14,17H,8,15-16H2,(H,28,30,32);1-2H3. The molecule has 1 aromatic heterocycles. The summed E-state index contributed by atoms with van der Waals surface area (Å²) in [6, 6.07) is 24.1. The second-order valence-electron chi connectivity index (χ2n) is 7.53. The molecule has 178 valence electrons. The molecule has 0 saturated heterocycles. The molecule has 0 aliphatic rings. The predicted octanol–water partition coefficient (Wildman–Crippen LogP) is 7.19. The lowest BCUT2D eigenvalue weighted by Crippen LogP contribution is -2.17. The molecule has 3 aromatic carbocycles. The third kappa shape index (κ3) is 7.55. The minimum Gasteiger partial charge on any atom is -0.309 e. The fourth-order valence-corrected chi connectivity index (χ4v) is 3.54. The van der Waals surface area contributed by atoms with Gasteiger partial charge in [0.25, 0.3) is 0 Å². The zero-order chi connectivity index (χ0) is 25.0. The molecule has 1 amide bonds. The average molecular weight is 487 g/mol. The molecule has 0 bridgehead atoms. The number of aryl methyl sites for hydroxylation is 2. The lowest BCUT2D eigenvalue weighted by molar-refractivity contribution is -0.115. The van der Waals surface area contributed by atoms with Gasteiger partial charge in [0.2, 0.25) is 5.91 Å². The molecule has 0 aliphatic carbocycles. The summed E-state index contributed by atoms with van der Waals surface area (Å²) < 4.78 is 0. The van der Waals surface area contributed by atoms with Crippen LogP contribution in [-0.4, -0.2) is 15.9 Å². The fourth-order valence-electron chi connectivity index (χ4n) is 3.41. The van der Waals surface area contributed by atoms with Crippen LogP contribution >= 0.6 is 11.6 Å². The number of amides is 1. The number of hydrogen-bond donors (Lipinski definition) is 1. The van der Waals surface area contributed by atoms with Crippen LogP contribution in [-0.2, 0) is 24.1 Å². The van der Waals surface area contributed by atoms with Gasteiger partial charge in [-0.2, -0.15) is 0 Å². The Hall–Kier alpha value is -3.90. The zero-order valence-corrected chi connectivity index (χ0v) is 20.5. The van der Waals surface area contributed by atoms with Gasteiger partial charge in [0, 0.05) is 10.6 Å². The van der Waals surface area contributed by atoms with Crippen LogP contribution < -0.4 is 5.32 Å². The summed E-state index contributed by atoms with van der Waals surface area (Å²) in [5.41, 5.74) is 4.54. The highest BCUT2D eigenvalue weighted by Crippen LogP contribution is 2.23. The Balaban J connectivity index is 0.00000167. The molecule has 35 heavy (non-hydrogen) atoms. The van der Waals surface area contributed by atoms with Crippen LogP contribution in [0.25, 0.3) is 11.3 Å². The van der Waals surface area contributed by atoms with Gasteiger partial charge in [-0.15, -0.1) is 4.91 Å². The predicted molar refractivity (Wildman–Crippen MR) is 142 cm³/mol. The topological polar surface area (TPSA) is 84.3 Å². The highest BCUT2D eigenvalue weighted by molar-refractivity contribution is 6.30. The van der Waals surface area contributed by atoms with E-state index >= 15 is 0 Å². The molecule has 0 spiro atoms. The van der Waals surface area contributed by atoms with Gasteiger partial charge >= 0.3 is 0 Å². The maximum atomic E-state index is 12.7. The minimum atomic E-state index is -0.179. The number of nitroso groups, excluding NO2 is 1. The van der Waals surface area contributed by atoms with Crippen LogP contribution in [0.3, 0.4) is 0 Å². The molecule has 0 fully saturated rings. The van der Waals surface area contributed by atoms with Gasteiger partial charge in [0.1, 0.15) is 5.69 Å². The van der Waals surface area contributed by atoms with Gasteiger partial charge in [-0.3, -0.25) is 4.79 Å². The molecule has 4 aromatic rings. The fraction of sp³-hybridized carbons (Fsp3) is 0.179. The van der Waals surface area contributed by atoms with E-state index in [1.54, 1.807) is 42.6 Å². The van der Waals surface area contributed by atoms with Crippen molar-refractivity contribution in [2.45, 2.75) is 33.1 Å². The summed E-state index contributed by atoms with van der Waals surface area (Å²) in [6.07, 6.45) is 3.19. The number of benzene rings is 3. The minimum absolute atomic E-state index is 0.179. The second-order valence-corrected chi connectivity index (χ2v) is 7.96. The molecular formula is C28H27ClN4O2. The third-order valence-electron chi connectivity index (χ3n) is 5.14. The Labute approximate surface area is 210 Å². The second kappa shape index (κ2) is 13.1. The highest BCUT2D eigenvalue weighted by Gasteiger charge is 2.13. The van der Waals surface area contributed by atoms with E-state index in [9.17, 15) is 9.70 Å². The molecular weight excluding hydrogens is 460 g/mol. The number of hydrogen-bond acceptors (Lipinski definition) is 5. The van der Waals surface area contributed by atoms with E-state index in [1.165, 1.54) is 5.56 Å². The number of carbonyl (C=O) groups excluding carboxylic acids is 1. The molecule has 6 nitrogen and oxygen atoms in total. The van der Waals surface area contributed by atoms with E-state index in [-0.39, 0.29) is 12.3 Å². The normalized spacial score (nSPS) is 10.1. The van der Waals surface area contributed by atoms with Gasteiger partial charge in [-0.1, -0.05) is 80.0 Å². The van der Waals surface area contributed by atoms with Crippen molar-refractivity contribution in [3.05, 3.63) is 112 Å². The first kappa shape index (κ1) is 25.7. The summed E-state index contributed by atoms with van der Waals surface area (Å²) in [4.78, 5) is 32.7. The number of rotatable bonds is 8. The SMILES string of the molecule is CC.O=Nc1ccc(-c2cnc(NC(=O)Cc3ccc(Cl)cc3)c(CCc3ccccc3)n2)cc1. The van der Waals surface area contributed by atoms with Crippen molar-refractivity contribution in [3.63, 3.8) is 0 Å². The maximum Gasteiger partial charge on any atom is 0.229 e. The van der Waals surface area contributed by atoms with Gasteiger partial charge in [0.15, 0.2) is 5.82 Å². The molecule has 7 heteroatoms. The summed E-state index contributed by atoms with van der Waals surface area (Å²) in [7, 11) is 0. The highest BCUT2D eigenvalue weighted by atomic mass is 35.5. The number of carbonyl (C=O) groups is 1. The first-order chi connectivity index (χ1) is 17.1. The van der Waals surface area contributed by atoms with Crippen molar-refractivity contribution in [3.8, 4) is 11.3 Å². The van der Waals surface area contributed by atoms with Gasteiger partial charge < -0.3 is 5.32 Å². The van der Waals surface area contributed by atoms with Crippen LogP contribution in [0.1, 0.15) is 30.7 Å². The quantitative estimate of drug-likeness (QED) is 0.267. The number of halogens is 1. The largest absolute Gasteiger partial charge is 0.309 e. The summed E-state index contributed by atoms with van der Waals surface area (Å²) in [6.45, 7) is 4.00. The molecule has 0 unspecified atom stereocenters. The number of aromatic nitrogens is 2. The van der Waals surface area contributed by atoms with Crippen molar-refractivity contribution < 1.29 is 4.79 Å². The Morgan fingerprint density at radius 2 is 1.57 bits per heavy atom. The van der Waals surface area contributed by atoms with Crippen molar-refractivity contribution in [1.29, 1.82) is 0 Å². The average Bonchev–Trinajstić information content (AvgIpc) is 2.91. The Kier molecular flexibility index (Phi) is 9.63. The number of nitrogens with one attached hydrogen (secondary N) is 1. The first-order valence-electron chi connectivity index (χ1n) is 11.5. The Morgan fingerprint density at radius 1 is 0.886 bits per heavy atom. The molecule has 4 rings (SSSR count). The summed E-state index contributed by atoms with van der Waals surface area (Å²) >= 11 is 5.93. The van der Waals surface area contributed by atoms with Gasteiger partial charge in [-0.25, -0.2) is 9.97 Å². The third-order valence-corrected chi connectivity index (χ3v) is 5.39. The van der Waals surface area contributed by atoms with E-state index in [1.807, 2.05) is 44.2 Å². The smallest absolute Gasteiger partial charge is 0.229 e. The Bertz CT molecular complexity index is 1240. The molecule has 0 saturated carbocycles. The number of nitrogens with zero attached hydrogens (tertiary/aromatic N) is 3. The molecule has 0 radical (unpaired) electrons. The molecule has 0 atom stereocenters. The number of anilines is 1. The molecule has 1 N–H and O–H groups in total. The van der Waals surface area contributed by atoms with Crippen LogP contribution in [0.5, 0.6) is 0 Å². The van der Waals surface area contributed by atoms with Gasteiger partial charge in [-0.05, 0) is 53.4 Å². The van der Waals surface area contributed by atoms with Crippen LogP contribution in [0, 0.1) is 4.91 Å². The molecule has 1 heterocycles. The van der Waals surface area contributed by atoms with Crippen molar-refractivity contribution in [2.75, 3.05) is 5.32 Å². The summed E-state index contributed by atoms with van der Waals surface area (Å²) in [5.74, 6) is 0.265. The van der Waals surface area contributed by atoms with Crippen LogP contribution in [0.2, 0.25) is 5.02 Å². The van der Waals surface area contributed by atoms with E-state index in [2.05, 4.69) is 27.6 Å². The van der Waals surface area contributed by atoms with E-state index in [0.29, 0.717) is 34.3 Å². The van der Waals surface area contributed by atoms with Crippen molar-refractivity contribution in [1.82, 2.24) is 9.97 Å². The Morgan fingerprint density at radius 3 is 2.23 bits per heavy atom. The zero-order valence-electron chi connectivity index (χ0n) is 19.7. The van der Waals surface area contributed by atoms with E-state index in [0.717, 1.165) is 17.5 Å². The van der Waals surface area contributed by atoms with Crippen molar-refractivity contribution >= 4 is 29.0 Å². The van der Waals surface area contributed by atoms with Crippen molar-refractivity contribution in [2.24, 2.45) is 5.18 Å². The van der Waals surface area contributed by atoms with Crippen LogP contribution in [0.15, 0.2) is 90.2 Å². The maximum absolute atomic E-state index is 12.7. The van der Waals surface area contributed by atoms with Gasteiger partial charge in [0.05, 0.1) is 24.0 Å². The summed E-state index contributed by atoms with van der Waals surface area (Å²) in [5, 5.41) is 6.46. The monoisotopic (exact) mass is 486 g/mol. The molecule has 0 aliphatic heterocycles.